The van der Waals surface area contributed by atoms with E-state index in [9.17, 15) is 0 Å². The standard InChI is InChI=1S/C23H29NO3/c1-18-5-9-20(10-6-18)26-22-13-15-24(16-14-22)19-7-11-21(12-8-19)27-23-4-2-3-17-25-23/h5-12,22-23H,2-4,13-17H2,1H3. The van der Waals surface area contributed by atoms with Gasteiger partial charge in [-0.15, -0.1) is 0 Å². The molecule has 2 aromatic rings. The zero-order chi connectivity index (χ0) is 18.5. The summed E-state index contributed by atoms with van der Waals surface area (Å²) in [7, 11) is 0. The Hall–Kier alpha value is -2.20. The molecule has 27 heavy (non-hydrogen) atoms. The molecule has 4 nitrogen and oxygen atoms in total. The Morgan fingerprint density at radius 3 is 2.15 bits per heavy atom. The number of piperidine rings is 1. The van der Waals surface area contributed by atoms with Crippen LogP contribution < -0.4 is 14.4 Å². The van der Waals surface area contributed by atoms with Gasteiger partial charge in [0.05, 0.1) is 6.61 Å². The lowest BCUT2D eigenvalue weighted by Gasteiger charge is -2.34. The van der Waals surface area contributed by atoms with Crippen LogP contribution in [0.1, 0.15) is 37.7 Å². The van der Waals surface area contributed by atoms with Crippen molar-refractivity contribution in [3.8, 4) is 11.5 Å². The summed E-state index contributed by atoms with van der Waals surface area (Å²) in [4.78, 5) is 2.43. The Morgan fingerprint density at radius 2 is 1.48 bits per heavy atom. The number of benzene rings is 2. The van der Waals surface area contributed by atoms with E-state index >= 15 is 0 Å². The lowest BCUT2D eigenvalue weighted by Crippen LogP contribution is -2.38. The van der Waals surface area contributed by atoms with Gasteiger partial charge in [-0.1, -0.05) is 17.7 Å². The third-order valence-corrected chi connectivity index (χ3v) is 5.37. The van der Waals surface area contributed by atoms with Crippen molar-refractivity contribution < 1.29 is 14.2 Å². The van der Waals surface area contributed by atoms with Crippen LogP contribution in [0.3, 0.4) is 0 Å². The Balaban J connectivity index is 1.27. The van der Waals surface area contributed by atoms with Crippen LogP contribution in [0.2, 0.25) is 0 Å². The Bertz CT molecular complexity index is 699. The van der Waals surface area contributed by atoms with E-state index in [4.69, 9.17) is 14.2 Å². The molecule has 4 rings (SSSR count). The van der Waals surface area contributed by atoms with Gasteiger partial charge >= 0.3 is 0 Å². The van der Waals surface area contributed by atoms with Gasteiger partial charge in [-0.3, -0.25) is 0 Å². The van der Waals surface area contributed by atoms with Crippen molar-refractivity contribution in [2.24, 2.45) is 0 Å². The molecule has 0 radical (unpaired) electrons. The van der Waals surface area contributed by atoms with Crippen molar-refractivity contribution >= 4 is 5.69 Å². The number of hydrogen-bond donors (Lipinski definition) is 0. The lowest BCUT2D eigenvalue weighted by atomic mass is 10.1. The average Bonchev–Trinajstić information content (AvgIpc) is 2.72. The molecule has 2 aliphatic heterocycles. The fourth-order valence-corrected chi connectivity index (χ4v) is 3.73. The number of nitrogens with zero attached hydrogens (tertiary/aromatic N) is 1. The summed E-state index contributed by atoms with van der Waals surface area (Å²) in [6.07, 6.45) is 5.61. The Kier molecular flexibility index (Phi) is 5.83. The highest BCUT2D eigenvalue weighted by atomic mass is 16.7. The molecule has 2 saturated heterocycles. The average molecular weight is 367 g/mol. The summed E-state index contributed by atoms with van der Waals surface area (Å²) in [5, 5.41) is 0. The van der Waals surface area contributed by atoms with E-state index in [1.165, 1.54) is 17.7 Å². The second-order valence-electron chi connectivity index (χ2n) is 7.53. The van der Waals surface area contributed by atoms with Crippen LogP contribution in [0.5, 0.6) is 11.5 Å². The third kappa shape index (κ3) is 4.95. The summed E-state index contributed by atoms with van der Waals surface area (Å²) in [5.74, 6) is 1.87. The molecule has 0 bridgehead atoms. The molecule has 4 heteroatoms. The van der Waals surface area contributed by atoms with Crippen molar-refractivity contribution in [2.75, 3.05) is 24.6 Å². The molecule has 1 atom stereocenters. The van der Waals surface area contributed by atoms with Gasteiger partial charge < -0.3 is 19.1 Å². The number of aryl methyl sites for hydroxylation is 1. The zero-order valence-electron chi connectivity index (χ0n) is 16.1. The van der Waals surface area contributed by atoms with Crippen LogP contribution in [0.4, 0.5) is 5.69 Å². The maximum Gasteiger partial charge on any atom is 0.199 e. The number of hydrogen-bond acceptors (Lipinski definition) is 4. The van der Waals surface area contributed by atoms with Crippen LogP contribution in [0, 0.1) is 6.92 Å². The quantitative estimate of drug-likeness (QED) is 0.748. The van der Waals surface area contributed by atoms with Gasteiger partial charge in [0.15, 0.2) is 6.29 Å². The summed E-state index contributed by atoms with van der Waals surface area (Å²) in [6, 6.07) is 16.8. The van der Waals surface area contributed by atoms with Crippen molar-refractivity contribution in [3.05, 3.63) is 54.1 Å². The van der Waals surface area contributed by atoms with Gasteiger partial charge in [-0.05, 0) is 56.2 Å². The van der Waals surface area contributed by atoms with Crippen molar-refractivity contribution in [3.63, 3.8) is 0 Å². The first-order valence-electron chi connectivity index (χ1n) is 10.1. The summed E-state index contributed by atoms with van der Waals surface area (Å²) in [6.45, 7) is 4.94. The van der Waals surface area contributed by atoms with E-state index < -0.39 is 0 Å². The highest BCUT2D eigenvalue weighted by Crippen LogP contribution is 2.26. The molecule has 0 N–H and O–H groups in total. The first kappa shape index (κ1) is 18.2. The topological polar surface area (TPSA) is 30.9 Å². The van der Waals surface area contributed by atoms with Crippen LogP contribution in [0.15, 0.2) is 48.5 Å². The molecular formula is C23H29NO3. The first-order chi connectivity index (χ1) is 13.3. The predicted molar refractivity (Wildman–Crippen MR) is 108 cm³/mol. The maximum absolute atomic E-state index is 6.14. The van der Waals surface area contributed by atoms with Crippen LogP contribution >= 0.6 is 0 Å². The smallest absolute Gasteiger partial charge is 0.199 e. The first-order valence-corrected chi connectivity index (χ1v) is 10.1. The largest absolute Gasteiger partial charge is 0.490 e. The van der Waals surface area contributed by atoms with E-state index in [2.05, 4.69) is 60.4 Å². The molecule has 0 aromatic heterocycles. The van der Waals surface area contributed by atoms with Crippen molar-refractivity contribution in [2.45, 2.75) is 51.4 Å². The Morgan fingerprint density at radius 1 is 0.815 bits per heavy atom. The molecule has 0 saturated carbocycles. The molecule has 0 spiro atoms. The second-order valence-corrected chi connectivity index (χ2v) is 7.53. The van der Waals surface area contributed by atoms with Gasteiger partial charge in [-0.25, -0.2) is 0 Å². The van der Waals surface area contributed by atoms with E-state index in [1.807, 2.05) is 0 Å². The highest BCUT2D eigenvalue weighted by Gasteiger charge is 2.21. The van der Waals surface area contributed by atoms with Crippen molar-refractivity contribution in [1.82, 2.24) is 0 Å². The van der Waals surface area contributed by atoms with E-state index in [-0.39, 0.29) is 6.29 Å². The molecule has 2 aromatic carbocycles. The zero-order valence-corrected chi connectivity index (χ0v) is 16.1. The monoisotopic (exact) mass is 367 g/mol. The SMILES string of the molecule is Cc1ccc(OC2CCN(c3ccc(OC4CCCCO4)cc3)CC2)cc1. The number of rotatable bonds is 5. The maximum atomic E-state index is 6.14. The van der Waals surface area contributed by atoms with Gasteiger partial charge in [0.2, 0.25) is 0 Å². The van der Waals surface area contributed by atoms with Crippen LogP contribution in [-0.2, 0) is 4.74 Å². The molecule has 144 valence electrons. The number of anilines is 1. The van der Waals surface area contributed by atoms with E-state index in [0.29, 0.717) is 6.10 Å². The predicted octanol–water partition coefficient (Wildman–Crippen LogP) is 4.95. The molecular weight excluding hydrogens is 338 g/mol. The summed E-state index contributed by atoms with van der Waals surface area (Å²) in [5.41, 5.74) is 2.51. The second kappa shape index (κ2) is 8.66. The summed E-state index contributed by atoms with van der Waals surface area (Å²) < 4.78 is 17.7. The van der Waals surface area contributed by atoms with Gasteiger partial charge in [0.25, 0.3) is 0 Å². The van der Waals surface area contributed by atoms with Crippen LogP contribution in [-0.4, -0.2) is 32.1 Å². The summed E-state index contributed by atoms with van der Waals surface area (Å²) >= 11 is 0. The normalized spacial score (nSPS) is 21.1. The Labute approximate surface area is 162 Å². The van der Waals surface area contributed by atoms with Gasteiger partial charge in [0, 0.05) is 38.0 Å². The molecule has 2 fully saturated rings. The fraction of sp³-hybridized carbons (Fsp3) is 0.478. The number of ether oxygens (including phenoxy) is 3. The highest BCUT2D eigenvalue weighted by molar-refractivity contribution is 5.49. The molecule has 2 heterocycles. The van der Waals surface area contributed by atoms with Crippen LogP contribution in [0.25, 0.3) is 0 Å². The molecule has 1 unspecified atom stereocenters. The minimum absolute atomic E-state index is 0.0840. The van der Waals surface area contributed by atoms with Gasteiger partial charge in [-0.2, -0.15) is 0 Å². The molecule has 0 aliphatic carbocycles. The van der Waals surface area contributed by atoms with E-state index in [0.717, 1.165) is 56.9 Å². The third-order valence-electron chi connectivity index (χ3n) is 5.37. The van der Waals surface area contributed by atoms with Crippen molar-refractivity contribution in [1.29, 1.82) is 0 Å². The molecule has 0 amide bonds. The van der Waals surface area contributed by atoms with Gasteiger partial charge in [0.1, 0.15) is 17.6 Å². The minimum Gasteiger partial charge on any atom is -0.490 e. The lowest BCUT2D eigenvalue weighted by molar-refractivity contribution is -0.105. The fourth-order valence-electron chi connectivity index (χ4n) is 3.73. The molecule has 2 aliphatic rings. The van der Waals surface area contributed by atoms with E-state index in [1.54, 1.807) is 0 Å². The minimum atomic E-state index is -0.0840.